The maximum atomic E-state index is 11.9. The topological polar surface area (TPSA) is 83.8 Å². The van der Waals surface area contributed by atoms with E-state index in [1.54, 1.807) is 19.1 Å². The number of likely N-dealkylation sites (tertiary alicyclic amines) is 1. The zero-order valence-corrected chi connectivity index (χ0v) is 20.7. The molecule has 0 aliphatic carbocycles. The molecule has 1 fully saturated rings. The molecule has 2 amide bonds. The fourth-order valence-corrected chi connectivity index (χ4v) is 4.35. The molecule has 2 aromatic rings. The van der Waals surface area contributed by atoms with Crippen molar-refractivity contribution in [2.24, 2.45) is 0 Å². The molecule has 34 heavy (non-hydrogen) atoms. The summed E-state index contributed by atoms with van der Waals surface area (Å²) in [6.07, 6.45) is 7.74. The number of furan rings is 1. The lowest BCUT2D eigenvalue weighted by molar-refractivity contribution is -0.118. The number of rotatable bonds is 13. The van der Waals surface area contributed by atoms with Crippen LogP contribution in [0.1, 0.15) is 41.1 Å². The molecule has 1 aliphatic rings. The Bertz CT molecular complexity index is 938. The highest BCUT2D eigenvalue weighted by atomic mass is 32.2. The van der Waals surface area contributed by atoms with Crippen LogP contribution in [-0.4, -0.2) is 61.0 Å². The number of amides is 2. The lowest BCUT2D eigenvalue weighted by Gasteiger charge is -2.26. The van der Waals surface area contributed by atoms with Crippen LogP contribution in [0, 0.1) is 6.92 Å². The van der Waals surface area contributed by atoms with Gasteiger partial charge in [-0.15, -0.1) is 0 Å². The van der Waals surface area contributed by atoms with Crippen molar-refractivity contribution in [1.29, 1.82) is 0 Å². The summed E-state index contributed by atoms with van der Waals surface area (Å²) >= 11 is 1.47. The van der Waals surface area contributed by atoms with Gasteiger partial charge in [0.05, 0.1) is 5.75 Å². The number of carbonyl (C=O) groups is 2. The normalized spacial score (nSPS) is 14.3. The van der Waals surface area contributed by atoms with E-state index in [4.69, 9.17) is 9.15 Å². The lowest BCUT2D eigenvalue weighted by Crippen LogP contribution is -2.29. The van der Waals surface area contributed by atoms with Gasteiger partial charge in [-0.1, -0.05) is 24.6 Å². The average Bonchev–Trinajstić information content (AvgIpc) is 3.28. The van der Waals surface area contributed by atoms with Crippen LogP contribution in [0.15, 0.2) is 53.0 Å². The third-order valence-electron chi connectivity index (χ3n) is 5.41. The summed E-state index contributed by atoms with van der Waals surface area (Å²) in [5.74, 6) is 2.61. The van der Waals surface area contributed by atoms with Gasteiger partial charge in [-0.2, -0.15) is 11.8 Å². The van der Waals surface area contributed by atoms with E-state index in [9.17, 15) is 9.59 Å². The van der Waals surface area contributed by atoms with Gasteiger partial charge in [0.1, 0.15) is 18.1 Å². The summed E-state index contributed by atoms with van der Waals surface area (Å²) < 4.78 is 11.1. The largest absolute Gasteiger partial charge is 0.490 e. The lowest BCUT2D eigenvalue weighted by atomic mass is 10.1. The molecule has 8 heteroatoms. The van der Waals surface area contributed by atoms with Gasteiger partial charge in [-0.25, -0.2) is 0 Å². The third-order valence-corrected chi connectivity index (χ3v) is 6.37. The fraction of sp³-hybridized carbons (Fsp3) is 0.462. The van der Waals surface area contributed by atoms with Gasteiger partial charge in [-0.3, -0.25) is 14.5 Å². The first kappa shape index (κ1) is 25.9. The Morgan fingerprint density at radius 1 is 1.12 bits per heavy atom. The van der Waals surface area contributed by atoms with E-state index in [0.29, 0.717) is 42.7 Å². The van der Waals surface area contributed by atoms with Crippen LogP contribution in [0.4, 0.5) is 0 Å². The van der Waals surface area contributed by atoms with Crippen molar-refractivity contribution in [3.8, 4) is 5.75 Å². The molecule has 1 aromatic carbocycles. The van der Waals surface area contributed by atoms with E-state index in [2.05, 4.69) is 27.7 Å². The van der Waals surface area contributed by atoms with Gasteiger partial charge in [0, 0.05) is 25.4 Å². The van der Waals surface area contributed by atoms with E-state index in [0.717, 1.165) is 12.3 Å². The van der Waals surface area contributed by atoms with Gasteiger partial charge in [0.2, 0.25) is 5.91 Å². The van der Waals surface area contributed by atoms with Crippen molar-refractivity contribution < 1.29 is 18.7 Å². The SMILES string of the molecule is Cc1ccc(C(=O)NCCSCC(=O)NC/C=C\COc2cccc(CN3CCCCC3)c2)o1. The molecule has 0 spiro atoms. The van der Waals surface area contributed by atoms with E-state index in [1.807, 2.05) is 24.3 Å². The number of nitrogens with zero attached hydrogens (tertiary/aromatic N) is 1. The van der Waals surface area contributed by atoms with Crippen LogP contribution in [-0.2, 0) is 11.3 Å². The fourth-order valence-electron chi connectivity index (χ4n) is 3.67. The van der Waals surface area contributed by atoms with Crippen molar-refractivity contribution in [2.45, 2.75) is 32.7 Å². The molecule has 3 rings (SSSR count). The average molecular weight is 486 g/mol. The minimum atomic E-state index is -0.237. The van der Waals surface area contributed by atoms with E-state index in [1.165, 1.54) is 49.7 Å². The van der Waals surface area contributed by atoms with Gasteiger partial charge in [-0.05, 0) is 68.8 Å². The monoisotopic (exact) mass is 485 g/mol. The minimum Gasteiger partial charge on any atom is -0.490 e. The highest BCUT2D eigenvalue weighted by Crippen LogP contribution is 2.17. The second-order valence-corrected chi connectivity index (χ2v) is 9.39. The van der Waals surface area contributed by atoms with Crippen molar-refractivity contribution in [3.05, 3.63) is 65.6 Å². The second-order valence-electron chi connectivity index (χ2n) is 8.29. The van der Waals surface area contributed by atoms with Gasteiger partial charge >= 0.3 is 0 Å². The second kappa shape index (κ2) is 14.5. The number of carbonyl (C=O) groups excluding carboxylic acids is 2. The zero-order chi connectivity index (χ0) is 24.0. The molecule has 0 unspecified atom stereocenters. The van der Waals surface area contributed by atoms with Crippen molar-refractivity contribution in [2.75, 3.05) is 44.3 Å². The van der Waals surface area contributed by atoms with Crippen LogP contribution in [0.5, 0.6) is 5.75 Å². The number of piperidine rings is 1. The summed E-state index contributed by atoms with van der Waals surface area (Å²) in [5, 5.41) is 5.63. The smallest absolute Gasteiger partial charge is 0.287 e. The zero-order valence-electron chi connectivity index (χ0n) is 19.9. The Balaban J connectivity index is 1.21. The Morgan fingerprint density at radius 3 is 2.76 bits per heavy atom. The number of ether oxygens (including phenoxy) is 1. The Labute approximate surface area is 206 Å². The Morgan fingerprint density at radius 2 is 1.97 bits per heavy atom. The molecule has 1 saturated heterocycles. The predicted molar refractivity (Wildman–Crippen MR) is 136 cm³/mol. The molecule has 0 saturated carbocycles. The molecule has 1 aliphatic heterocycles. The first-order valence-corrected chi connectivity index (χ1v) is 13.0. The summed E-state index contributed by atoms with van der Waals surface area (Å²) in [6.45, 7) is 6.54. The highest BCUT2D eigenvalue weighted by molar-refractivity contribution is 7.99. The van der Waals surface area contributed by atoms with Crippen molar-refractivity contribution >= 4 is 23.6 Å². The first-order valence-electron chi connectivity index (χ1n) is 11.9. The van der Waals surface area contributed by atoms with Crippen LogP contribution in [0.25, 0.3) is 0 Å². The molecule has 184 valence electrons. The predicted octanol–water partition coefficient (Wildman–Crippen LogP) is 3.79. The maximum Gasteiger partial charge on any atom is 0.287 e. The molecule has 7 nitrogen and oxygen atoms in total. The first-order chi connectivity index (χ1) is 16.6. The Hall–Kier alpha value is -2.71. The quantitative estimate of drug-likeness (QED) is 0.332. The summed E-state index contributed by atoms with van der Waals surface area (Å²) in [4.78, 5) is 26.3. The van der Waals surface area contributed by atoms with Crippen LogP contribution >= 0.6 is 11.8 Å². The maximum absolute atomic E-state index is 11.9. The molecule has 0 atom stereocenters. The summed E-state index contributed by atoms with van der Waals surface area (Å²) in [6, 6.07) is 11.7. The van der Waals surface area contributed by atoms with Crippen molar-refractivity contribution in [3.63, 3.8) is 0 Å². The summed E-state index contributed by atoms with van der Waals surface area (Å²) in [7, 11) is 0. The van der Waals surface area contributed by atoms with Gasteiger partial charge < -0.3 is 19.8 Å². The third kappa shape index (κ3) is 9.65. The Kier molecular flexibility index (Phi) is 11.1. The van der Waals surface area contributed by atoms with Crippen molar-refractivity contribution in [1.82, 2.24) is 15.5 Å². The molecular formula is C26H35N3O4S. The number of thioether (sulfide) groups is 1. The molecule has 2 heterocycles. The number of aryl methyl sites for hydroxylation is 1. The molecule has 0 radical (unpaired) electrons. The highest BCUT2D eigenvalue weighted by Gasteiger charge is 2.11. The summed E-state index contributed by atoms with van der Waals surface area (Å²) in [5.41, 5.74) is 1.28. The van der Waals surface area contributed by atoms with Gasteiger partial charge in [0.15, 0.2) is 5.76 Å². The molecule has 0 bridgehead atoms. The standard InChI is InChI=1S/C26H35N3O4S/c1-21-10-11-24(33-21)26(31)28-13-17-34-20-25(30)27-12-3-6-16-32-23-9-7-8-22(18-23)19-29-14-4-2-5-15-29/h3,6-11,18H,2,4-5,12-17,19-20H2,1H3,(H,27,30)(H,28,31)/b6-3-. The van der Waals surface area contributed by atoms with Gasteiger partial charge in [0.25, 0.3) is 5.91 Å². The number of nitrogens with one attached hydrogen (secondary N) is 2. The van der Waals surface area contributed by atoms with Crippen LogP contribution < -0.4 is 15.4 Å². The number of hydrogen-bond donors (Lipinski definition) is 2. The van der Waals surface area contributed by atoms with E-state index >= 15 is 0 Å². The van der Waals surface area contributed by atoms with Crippen LogP contribution in [0.3, 0.4) is 0 Å². The number of benzene rings is 1. The minimum absolute atomic E-state index is 0.0334. The molecular weight excluding hydrogens is 450 g/mol. The van der Waals surface area contributed by atoms with Crippen LogP contribution in [0.2, 0.25) is 0 Å². The number of hydrogen-bond acceptors (Lipinski definition) is 6. The van der Waals surface area contributed by atoms with E-state index < -0.39 is 0 Å². The molecule has 1 aromatic heterocycles. The van der Waals surface area contributed by atoms with E-state index in [-0.39, 0.29) is 11.8 Å². The molecule has 2 N–H and O–H groups in total.